The van der Waals surface area contributed by atoms with Gasteiger partial charge in [-0.1, -0.05) is 60.7 Å². The molecule has 0 amide bonds. The van der Waals surface area contributed by atoms with E-state index in [0.717, 1.165) is 28.7 Å². The van der Waals surface area contributed by atoms with Gasteiger partial charge in [-0.3, -0.25) is 0 Å². The van der Waals surface area contributed by atoms with Crippen molar-refractivity contribution in [1.29, 1.82) is 0 Å². The predicted molar refractivity (Wildman–Crippen MR) is 99.2 cm³/mol. The minimum Gasteiger partial charge on any atom is -1.00 e. The van der Waals surface area contributed by atoms with Crippen LogP contribution in [-0.4, -0.2) is 53.8 Å². The molecule has 1 aliphatic rings. The van der Waals surface area contributed by atoms with Crippen LogP contribution < -0.4 is 9.83 Å². The van der Waals surface area contributed by atoms with Crippen molar-refractivity contribution in [1.82, 2.24) is 0 Å². The Morgan fingerprint density at radius 2 is 1.58 bits per heavy atom. The number of fused-ring (bicyclic) bond motifs is 3. The summed E-state index contributed by atoms with van der Waals surface area (Å²) >= 11 is 0. The van der Waals surface area contributed by atoms with E-state index in [1.807, 2.05) is 54.6 Å². The molecule has 0 saturated carbocycles. The predicted octanol–water partition coefficient (Wildman–Crippen LogP) is 3.99. The van der Waals surface area contributed by atoms with Crippen molar-refractivity contribution >= 4 is 61.8 Å². The van der Waals surface area contributed by atoms with E-state index in [1.54, 1.807) is 18.2 Å². The molecule has 0 saturated heterocycles. The van der Waals surface area contributed by atoms with Crippen molar-refractivity contribution in [3.63, 3.8) is 0 Å². The Kier molecular flexibility index (Phi) is 5.43. The number of rotatable bonds is 2. The van der Waals surface area contributed by atoms with E-state index in [1.165, 1.54) is 0 Å². The molecule has 4 rings (SSSR count). The van der Waals surface area contributed by atoms with Crippen molar-refractivity contribution < 1.29 is 16.8 Å². The minimum absolute atomic E-state index is 0. The van der Waals surface area contributed by atoms with Gasteiger partial charge in [-0.15, -0.1) is 0 Å². The van der Waals surface area contributed by atoms with E-state index >= 15 is 0 Å². The third-order valence-corrected chi connectivity index (χ3v) is 5.44. The fourth-order valence-electron chi connectivity index (χ4n) is 2.93. The number of para-hydroxylation sites is 1. The second-order valence-electron chi connectivity index (χ2n) is 5.62. The Balaban J connectivity index is 0.00000113. The van der Waals surface area contributed by atoms with Gasteiger partial charge in [0.2, 0.25) is 0 Å². The molecule has 118 valence electrons. The molecular formula is C19H17BaO3P. The van der Waals surface area contributed by atoms with Crippen molar-refractivity contribution in [3.05, 3.63) is 83.9 Å². The molecule has 0 radical (unpaired) electrons. The van der Waals surface area contributed by atoms with E-state index in [2.05, 4.69) is 0 Å². The first-order valence-corrected chi connectivity index (χ1v) is 9.00. The zero-order chi connectivity index (χ0) is 15.9. The van der Waals surface area contributed by atoms with Crippen LogP contribution >= 0.6 is 7.60 Å². The van der Waals surface area contributed by atoms with Gasteiger partial charge in [-0.25, -0.2) is 4.57 Å². The van der Waals surface area contributed by atoms with Crippen molar-refractivity contribution in [2.24, 2.45) is 0 Å². The van der Waals surface area contributed by atoms with E-state index in [9.17, 15) is 9.46 Å². The van der Waals surface area contributed by atoms with Crippen LogP contribution in [0.2, 0.25) is 0 Å². The standard InChI is InChI=1S/C19H15O3P.Ba.2H/c20-23(21)19-13-15(12-14-6-2-1-3-7-14)10-11-17(19)16-8-4-5-9-18(16)22-23;;;/h1-11,13H,12H2,(H,20,21);;;/q;+2;2*-1. The topological polar surface area (TPSA) is 46.5 Å². The van der Waals surface area contributed by atoms with Crippen LogP contribution in [-0.2, 0) is 11.0 Å². The fourth-order valence-corrected chi connectivity index (χ4v) is 4.28. The Labute approximate surface area is 184 Å². The third kappa shape index (κ3) is 3.44. The molecule has 5 heteroatoms. The Morgan fingerprint density at radius 3 is 2.38 bits per heavy atom. The quantitative estimate of drug-likeness (QED) is 0.464. The van der Waals surface area contributed by atoms with Gasteiger partial charge >= 0.3 is 56.5 Å². The van der Waals surface area contributed by atoms with E-state index in [-0.39, 0.29) is 51.7 Å². The average molecular weight is 462 g/mol. The van der Waals surface area contributed by atoms with E-state index < -0.39 is 7.60 Å². The van der Waals surface area contributed by atoms with Crippen LogP contribution in [0.4, 0.5) is 0 Å². The fraction of sp³-hybridized carbons (Fsp3) is 0.0526. The first-order chi connectivity index (χ1) is 11.1. The molecule has 1 aliphatic heterocycles. The van der Waals surface area contributed by atoms with Crippen LogP contribution in [0.1, 0.15) is 14.0 Å². The summed E-state index contributed by atoms with van der Waals surface area (Å²) in [7, 11) is -3.84. The average Bonchev–Trinajstić information content (AvgIpc) is 2.56. The van der Waals surface area contributed by atoms with Gasteiger partial charge in [0.15, 0.2) is 0 Å². The molecule has 3 aromatic carbocycles. The summed E-state index contributed by atoms with van der Waals surface area (Å²) in [5.74, 6) is 0.460. The SMILES string of the molecule is O=P1(O)Oc2ccccc2-c2ccc(Cc3ccccc3)cc21.[Ba+2].[H-].[H-]. The van der Waals surface area contributed by atoms with Gasteiger partial charge in [0, 0.05) is 11.1 Å². The normalized spacial score (nSPS) is 17.9. The smallest absolute Gasteiger partial charge is 1.00 e. The monoisotopic (exact) mass is 462 g/mol. The maximum absolute atomic E-state index is 12.6. The molecule has 24 heavy (non-hydrogen) atoms. The third-order valence-electron chi connectivity index (χ3n) is 4.02. The van der Waals surface area contributed by atoms with Crippen molar-refractivity contribution in [2.75, 3.05) is 0 Å². The molecule has 1 N–H and O–H groups in total. The van der Waals surface area contributed by atoms with Gasteiger partial charge in [-0.05, 0) is 29.7 Å². The van der Waals surface area contributed by atoms with Gasteiger partial charge in [0.25, 0.3) is 0 Å². The molecule has 0 spiro atoms. The molecule has 1 atom stereocenters. The maximum Gasteiger partial charge on any atom is 2.00 e. The molecular weight excluding hydrogens is 445 g/mol. The van der Waals surface area contributed by atoms with Gasteiger partial charge in [0.05, 0.1) is 5.30 Å². The second-order valence-corrected chi connectivity index (χ2v) is 7.33. The Hall–Kier alpha value is -0.779. The van der Waals surface area contributed by atoms with Gasteiger partial charge in [0.1, 0.15) is 5.75 Å². The van der Waals surface area contributed by atoms with Gasteiger partial charge < -0.3 is 12.3 Å². The van der Waals surface area contributed by atoms with Crippen LogP contribution in [0.15, 0.2) is 72.8 Å². The summed E-state index contributed by atoms with van der Waals surface area (Å²) in [5, 5.41) is 0.379. The van der Waals surface area contributed by atoms with Gasteiger partial charge in [-0.2, -0.15) is 0 Å². The molecule has 1 unspecified atom stereocenters. The van der Waals surface area contributed by atoms with E-state index in [4.69, 9.17) is 4.52 Å². The summed E-state index contributed by atoms with van der Waals surface area (Å²) in [6.07, 6.45) is 0.718. The van der Waals surface area contributed by atoms with Crippen LogP contribution in [0.25, 0.3) is 11.1 Å². The molecule has 0 aliphatic carbocycles. The largest absolute Gasteiger partial charge is 2.00 e. The zero-order valence-electron chi connectivity index (χ0n) is 15.1. The summed E-state index contributed by atoms with van der Waals surface area (Å²) in [5.41, 5.74) is 3.79. The molecule has 0 fully saturated rings. The maximum atomic E-state index is 12.6. The van der Waals surface area contributed by atoms with E-state index in [0.29, 0.717) is 11.1 Å². The molecule has 0 aromatic heterocycles. The second kappa shape index (κ2) is 7.22. The number of hydrogen-bond acceptors (Lipinski definition) is 2. The van der Waals surface area contributed by atoms with Crippen molar-refractivity contribution in [2.45, 2.75) is 6.42 Å². The summed E-state index contributed by atoms with van der Waals surface area (Å²) in [6.45, 7) is 0. The molecule has 1 heterocycles. The van der Waals surface area contributed by atoms with Crippen molar-refractivity contribution in [3.8, 4) is 16.9 Å². The summed E-state index contributed by atoms with van der Waals surface area (Å²) in [6, 6.07) is 23.1. The first kappa shape index (κ1) is 18.0. The van der Waals surface area contributed by atoms with Crippen LogP contribution in [0.3, 0.4) is 0 Å². The molecule has 3 nitrogen and oxygen atoms in total. The van der Waals surface area contributed by atoms with Crippen LogP contribution in [0.5, 0.6) is 5.75 Å². The Morgan fingerprint density at radius 1 is 0.875 bits per heavy atom. The first-order valence-electron chi connectivity index (χ1n) is 7.43. The zero-order valence-corrected chi connectivity index (χ0v) is 18.4. The number of benzene rings is 3. The Bertz CT molecular complexity index is 935. The molecule has 3 aromatic rings. The van der Waals surface area contributed by atoms with Crippen LogP contribution in [0, 0.1) is 0 Å². The number of hydrogen-bond donors (Lipinski definition) is 1. The minimum atomic E-state index is -3.84. The molecule has 0 bridgehead atoms. The summed E-state index contributed by atoms with van der Waals surface area (Å²) < 4.78 is 17.9. The summed E-state index contributed by atoms with van der Waals surface area (Å²) in [4.78, 5) is 10.3.